The van der Waals surface area contributed by atoms with Gasteiger partial charge < -0.3 is 10.6 Å². The highest BCUT2D eigenvalue weighted by atomic mass is 32.1. The van der Waals surface area contributed by atoms with Gasteiger partial charge in [0, 0.05) is 35.8 Å². The van der Waals surface area contributed by atoms with Gasteiger partial charge in [-0.15, -0.1) is 11.3 Å². The van der Waals surface area contributed by atoms with Gasteiger partial charge in [0.1, 0.15) is 0 Å². The summed E-state index contributed by atoms with van der Waals surface area (Å²) in [6, 6.07) is 4.34. The van der Waals surface area contributed by atoms with Crippen molar-refractivity contribution in [2.45, 2.75) is 39.7 Å². The lowest BCUT2D eigenvalue weighted by Gasteiger charge is -2.04. The van der Waals surface area contributed by atoms with Gasteiger partial charge in [-0.3, -0.25) is 4.79 Å². The zero-order chi connectivity index (χ0) is 12.5. The van der Waals surface area contributed by atoms with Gasteiger partial charge in [0.25, 0.3) is 0 Å². The molecule has 0 aliphatic heterocycles. The quantitative estimate of drug-likeness (QED) is 0.699. The molecule has 0 spiro atoms. The van der Waals surface area contributed by atoms with E-state index in [1.54, 1.807) is 0 Å². The second kappa shape index (κ2) is 8.25. The maximum Gasteiger partial charge on any atom is 0.221 e. The molecule has 96 valence electrons. The Morgan fingerprint density at radius 3 is 2.65 bits per heavy atom. The molecule has 0 atom stereocenters. The highest BCUT2D eigenvalue weighted by Crippen LogP contribution is 2.16. The van der Waals surface area contributed by atoms with Gasteiger partial charge in [-0.1, -0.05) is 13.8 Å². The molecule has 4 heteroatoms. The van der Waals surface area contributed by atoms with Gasteiger partial charge in [-0.25, -0.2) is 0 Å². The van der Waals surface area contributed by atoms with E-state index in [1.165, 1.54) is 9.75 Å². The van der Waals surface area contributed by atoms with Crippen LogP contribution in [0.1, 0.15) is 36.4 Å². The second-order valence-electron chi connectivity index (χ2n) is 4.00. The minimum atomic E-state index is 0.139. The van der Waals surface area contributed by atoms with Gasteiger partial charge in [0.15, 0.2) is 0 Å². The van der Waals surface area contributed by atoms with E-state index < -0.39 is 0 Å². The number of carbonyl (C=O) groups excluding carboxylic acids is 1. The first-order valence-corrected chi connectivity index (χ1v) is 7.13. The topological polar surface area (TPSA) is 41.1 Å². The van der Waals surface area contributed by atoms with Crippen LogP contribution in [-0.4, -0.2) is 19.0 Å². The molecule has 0 saturated carbocycles. The monoisotopic (exact) mass is 254 g/mol. The summed E-state index contributed by atoms with van der Waals surface area (Å²) in [7, 11) is 0. The Hall–Kier alpha value is -0.870. The zero-order valence-corrected chi connectivity index (χ0v) is 11.5. The molecule has 0 aliphatic carbocycles. The molecule has 17 heavy (non-hydrogen) atoms. The Balaban J connectivity index is 2.09. The van der Waals surface area contributed by atoms with Crippen LogP contribution in [0.15, 0.2) is 12.1 Å². The summed E-state index contributed by atoms with van der Waals surface area (Å²) in [6.45, 7) is 6.62. The fourth-order valence-electron chi connectivity index (χ4n) is 1.47. The van der Waals surface area contributed by atoms with E-state index in [4.69, 9.17) is 0 Å². The van der Waals surface area contributed by atoms with Gasteiger partial charge in [0.2, 0.25) is 5.91 Å². The summed E-state index contributed by atoms with van der Waals surface area (Å²) in [4.78, 5) is 14.1. The van der Waals surface area contributed by atoms with Crippen molar-refractivity contribution in [3.63, 3.8) is 0 Å². The van der Waals surface area contributed by atoms with Crippen LogP contribution in [0, 0.1) is 0 Å². The summed E-state index contributed by atoms with van der Waals surface area (Å²) >= 11 is 1.84. The normalized spacial score (nSPS) is 10.5. The third-order valence-corrected chi connectivity index (χ3v) is 3.70. The van der Waals surface area contributed by atoms with Crippen molar-refractivity contribution in [2.75, 3.05) is 13.1 Å². The fourth-order valence-corrected chi connectivity index (χ4v) is 2.40. The molecule has 0 radical (unpaired) electrons. The Kier molecular flexibility index (Phi) is 6.89. The number of hydrogen-bond donors (Lipinski definition) is 2. The lowest BCUT2D eigenvalue weighted by atomic mass is 10.3. The number of amides is 1. The first-order valence-electron chi connectivity index (χ1n) is 6.31. The Morgan fingerprint density at radius 1 is 1.24 bits per heavy atom. The first kappa shape index (κ1) is 14.2. The van der Waals surface area contributed by atoms with Crippen LogP contribution in [0.4, 0.5) is 0 Å². The highest BCUT2D eigenvalue weighted by molar-refractivity contribution is 7.11. The SMILES string of the molecule is CCCNC(=O)CCNCc1ccc(CC)s1. The molecule has 0 aromatic carbocycles. The summed E-state index contributed by atoms with van der Waals surface area (Å²) < 4.78 is 0. The molecule has 1 aromatic heterocycles. The molecule has 1 heterocycles. The number of nitrogens with one attached hydrogen (secondary N) is 2. The van der Waals surface area contributed by atoms with Gasteiger partial charge in [-0.05, 0) is 25.0 Å². The Labute approximate surface area is 108 Å². The van der Waals surface area contributed by atoms with E-state index in [1.807, 2.05) is 11.3 Å². The van der Waals surface area contributed by atoms with E-state index in [2.05, 4.69) is 36.6 Å². The van der Waals surface area contributed by atoms with Crippen molar-refractivity contribution < 1.29 is 4.79 Å². The molecule has 0 saturated heterocycles. The van der Waals surface area contributed by atoms with Crippen molar-refractivity contribution in [1.29, 1.82) is 0 Å². The molecule has 0 unspecified atom stereocenters. The molecule has 0 aliphatic rings. The maximum atomic E-state index is 11.3. The number of rotatable bonds is 8. The van der Waals surface area contributed by atoms with Crippen LogP contribution in [0.25, 0.3) is 0 Å². The molecule has 1 amide bonds. The predicted molar refractivity (Wildman–Crippen MR) is 73.3 cm³/mol. The van der Waals surface area contributed by atoms with Crippen LogP contribution < -0.4 is 10.6 Å². The maximum absolute atomic E-state index is 11.3. The second-order valence-corrected chi connectivity index (χ2v) is 5.25. The minimum absolute atomic E-state index is 0.139. The Bertz CT molecular complexity index is 336. The van der Waals surface area contributed by atoms with Gasteiger partial charge in [-0.2, -0.15) is 0 Å². The van der Waals surface area contributed by atoms with E-state index in [9.17, 15) is 4.79 Å². The average Bonchev–Trinajstić information content (AvgIpc) is 2.80. The van der Waals surface area contributed by atoms with Crippen LogP contribution in [-0.2, 0) is 17.8 Å². The lowest BCUT2D eigenvalue weighted by molar-refractivity contribution is -0.120. The summed E-state index contributed by atoms with van der Waals surface area (Å²) in [5.74, 6) is 0.139. The molecule has 2 N–H and O–H groups in total. The molecule has 0 bridgehead atoms. The Morgan fingerprint density at radius 2 is 2.00 bits per heavy atom. The average molecular weight is 254 g/mol. The van der Waals surface area contributed by atoms with E-state index in [-0.39, 0.29) is 5.91 Å². The van der Waals surface area contributed by atoms with E-state index >= 15 is 0 Å². The van der Waals surface area contributed by atoms with Crippen LogP contribution in [0.3, 0.4) is 0 Å². The number of carbonyl (C=O) groups is 1. The van der Waals surface area contributed by atoms with Crippen molar-refractivity contribution in [1.82, 2.24) is 10.6 Å². The zero-order valence-electron chi connectivity index (χ0n) is 10.7. The van der Waals surface area contributed by atoms with Crippen molar-refractivity contribution in [3.8, 4) is 0 Å². The summed E-state index contributed by atoms with van der Waals surface area (Å²) in [5, 5.41) is 6.16. The predicted octanol–water partition coefficient (Wildman–Crippen LogP) is 2.32. The molecule has 1 rings (SSSR count). The van der Waals surface area contributed by atoms with E-state index in [0.717, 1.165) is 32.5 Å². The summed E-state index contributed by atoms with van der Waals surface area (Å²) in [5.41, 5.74) is 0. The van der Waals surface area contributed by atoms with Crippen molar-refractivity contribution in [3.05, 3.63) is 21.9 Å². The standard InChI is InChI=1S/C13H22N2OS/c1-3-8-15-13(16)7-9-14-10-12-6-5-11(4-2)17-12/h5-6,14H,3-4,7-10H2,1-2H3,(H,15,16). The number of aryl methyl sites for hydroxylation is 1. The molecule has 3 nitrogen and oxygen atoms in total. The third-order valence-electron chi connectivity index (χ3n) is 2.47. The summed E-state index contributed by atoms with van der Waals surface area (Å²) in [6.07, 6.45) is 2.66. The fraction of sp³-hybridized carbons (Fsp3) is 0.615. The number of thiophene rings is 1. The van der Waals surface area contributed by atoms with Crippen molar-refractivity contribution >= 4 is 17.2 Å². The molecular weight excluding hydrogens is 232 g/mol. The van der Waals surface area contributed by atoms with Crippen molar-refractivity contribution in [2.24, 2.45) is 0 Å². The molecular formula is C13H22N2OS. The lowest BCUT2D eigenvalue weighted by Crippen LogP contribution is -2.27. The van der Waals surface area contributed by atoms with Gasteiger partial charge in [0.05, 0.1) is 0 Å². The third kappa shape index (κ3) is 5.84. The first-order chi connectivity index (χ1) is 8.26. The largest absolute Gasteiger partial charge is 0.356 e. The van der Waals surface area contributed by atoms with Crippen LogP contribution >= 0.6 is 11.3 Å². The van der Waals surface area contributed by atoms with E-state index in [0.29, 0.717) is 6.42 Å². The van der Waals surface area contributed by atoms with Gasteiger partial charge >= 0.3 is 0 Å². The minimum Gasteiger partial charge on any atom is -0.356 e. The smallest absolute Gasteiger partial charge is 0.221 e. The number of hydrogen-bond acceptors (Lipinski definition) is 3. The molecule has 1 aromatic rings. The van der Waals surface area contributed by atoms with Crippen LogP contribution in [0.5, 0.6) is 0 Å². The highest BCUT2D eigenvalue weighted by Gasteiger charge is 2.01. The van der Waals surface area contributed by atoms with Crippen LogP contribution in [0.2, 0.25) is 0 Å². The molecule has 0 fully saturated rings.